The lowest BCUT2D eigenvalue weighted by molar-refractivity contribution is -0.135. The third kappa shape index (κ3) is 6.92. The van der Waals surface area contributed by atoms with E-state index in [2.05, 4.69) is 31.8 Å². The third-order valence-corrected chi connectivity index (χ3v) is 5.99. The maximum atomic E-state index is 11.8. The molecule has 2 aliphatic heterocycles. The van der Waals surface area contributed by atoms with Gasteiger partial charge in [0.1, 0.15) is 7.28 Å². The van der Waals surface area contributed by atoms with E-state index in [0.717, 1.165) is 22.1 Å². The van der Waals surface area contributed by atoms with Crippen LogP contribution in [0.5, 0.6) is 0 Å². The Morgan fingerprint density at radius 1 is 0.765 bits per heavy atom. The Morgan fingerprint density at radius 3 is 1.82 bits per heavy atom. The average molecular weight is 456 g/mol. The van der Waals surface area contributed by atoms with Crippen LogP contribution in [0.1, 0.15) is 62.5 Å². The second kappa shape index (κ2) is 11.8. The summed E-state index contributed by atoms with van der Waals surface area (Å²) in [5.74, 6) is -0.577. The Balaban J connectivity index is 0.000000192. The highest BCUT2D eigenvalue weighted by molar-refractivity contribution is 6.54. The summed E-state index contributed by atoms with van der Waals surface area (Å²) in [5.41, 5.74) is 4.24. The van der Waals surface area contributed by atoms with Crippen molar-refractivity contribution in [2.75, 3.05) is 0 Å². The van der Waals surface area contributed by atoms with Crippen LogP contribution in [0.2, 0.25) is 12.6 Å². The number of hydrogen-bond acceptors (Lipinski definition) is 4. The van der Waals surface area contributed by atoms with Crippen LogP contribution in [0.15, 0.2) is 48.5 Å². The number of rotatable bonds is 5. The van der Waals surface area contributed by atoms with Gasteiger partial charge in [0.15, 0.2) is 7.28 Å². The first-order valence-electron chi connectivity index (χ1n) is 11.8. The Morgan fingerprint density at radius 2 is 1.32 bits per heavy atom. The Bertz CT molecular complexity index is 1050. The van der Waals surface area contributed by atoms with Gasteiger partial charge in [-0.05, 0) is 24.0 Å². The Labute approximate surface area is 202 Å². The van der Waals surface area contributed by atoms with Crippen molar-refractivity contribution in [1.29, 1.82) is 0 Å². The van der Waals surface area contributed by atoms with Crippen molar-refractivity contribution in [3.05, 3.63) is 59.7 Å². The lowest BCUT2D eigenvalue weighted by Crippen LogP contribution is -2.39. The van der Waals surface area contributed by atoms with E-state index < -0.39 is 0 Å². The number of piperidine rings is 2. The minimum Gasteiger partial charge on any atom is -0.296 e. The molecule has 0 bridgehead atoms. The summed E-state index contributed by atoms with van der Waals surface area (Å²) in [5, 5.41) is 4.77. The van der Waals surface area contributed by atoms with Crippen molar-refractivity contribution >= 4 is 49.1 Å². The molecule has 8 heteroatoms. The zero-order chi connectivity index (χ0) is 24.7. The van der Waals surface area contributed by atoms with Crippen molar-refractivity contribution in [2.24, 2.45) is 0 Å². The van der Waals surface area contributed by atoms with E-state index in [9.17, 15) is 19.2 Å². The van der Waals surface area contributed by atoms with Gasteiger partial charge in [0.05, 0.1) is 11.8 Å². The smallest absolute Gasteiger partial charge is 0.234 e. The van der Waals surface area contributed by atoms with Gasteiger partial charge in [-0.25, -0.2) is 0 Å². The van der Waals surface area contributed by atoms with Gasteiger partial charge in [0.25, 0.3) is 0 Å². The molecule has 0 aromatic heterocycles. The molecule has 34 heavy (non-hydrogen) atoms. The van der Waals surface area contributed by atoms with Crippen molar-refractivity contribution < 1.29 is 19.2 Å². The summed E-state index contributed by atoms with van der Waals surface area (Å²) in [6, 6.07) is 15.9. The van der Waals surface area contributed by atoms with Crippen molar-refractivity contribution in [2.45, 2.75) is 64.0 Å². The van der Waals surface area contributed by atoms with E-state index in [4.69, 9.17) is 0 Å². The molecule has 0 spiro atoms. The normalized spacial score (nSPS) is 20.1. The predicted octanol–water partition coefficient (Wildman–Crippen LogP) is 1.95. The molecule has 4 rings (SSSR count). The second-order valence-corrected chi connectivity index (χ2v) is 9.04. The third-order valence-electron chi connectivity index (χ3n) is 5.99. The van der Waals surface area contributed by atoms with Gasteiger partial charge in [-0.3, -0.25) is 29.8 Å². The summed E-state index contributed by atoms with van der Waals surface area (Å²) in [6.07, 6.45) is 2.07. The van der Waals surface area contributed by atoms with Crippen LogP contribution in [0.4, 0.5) is 0 Å². The van der Waals surface area contributed by atoms with E-state index >= 15 is 0 Å². The molecule has 2 heterocycles. The molecule has 2 unspecified atom stereocenters. The molecule has 2 fully saturated rings. The number of amides is 4. The fraction of sp³-hybridized carbons (Fsp3) is 0.385. The maximum absolute atomic E-state index is 11.8. The topological polar surface area (TPSA) is 92.3 Å². The van der Waals surface area contributed by atoms with Crippen molar-refractivity contribution in [3.63, 3.8) is 0 Å². The molecular formula is C26H30B2N2O4. The fourth-order valence-corrected chi connectivity index (χ4v) is 4.21. The lowest BCUT2D eigenvalue weighted by atomic mass is 9.60. The summed E-state index contributed by atoms with van der Waals surface area (Å²) >= 11 is 0. The van der Waals surface area contributed by atoms with Gasteiger partial charge in [-0.1, -0.05) is 85.9 Å². The van der Waals surface area contributed by atoms with Gasteiger partial charge in [0, 0.05) is 12.8 Å². The molecule has 2 aromatic carbocycles. The quantitative estimate of drug-likeness (QED) is 0.532. The van der Waals surface area contributed by atoms with Gasteiger partial charge in [-0.2, -0.15) is 0 Å². The zero-order valence-corrected chi connectivity index (χ0v) is 20.0. The number of benzene rings is 2. The summed E-state index contributed by atoms with van der Waals surface area (Å²) in [6.45, 7) is 6.22. The molecule has 2 aromatic rings. The number of carbonyl (C=O) groups is 4. The summed E-state index contributed by atoms with van der Waals surface area (Å²) < 4.78 is 0. The minimum atomic E-state index is -0.191. The van der Waals surface area contributed by atoms with Gasteiger partial charge in [-0.15, -0.1) is 0 Å². The molecule has 174 valence electrons. The first-order chi connectivity index (χ1) is 16.3. The number of imide groups is 2. The standard InChI is InChI=1S/C14H17BNO2.C12H13BNO2/c1-9(2)15-11-5-3-4-10(8-11)12-6-7-13(17)16-14(12)18;1-13-9-4-2-8(3-5-9)10-6-7-11(15)14-12(10)16/h3-5,8-9,12H,6-7H2,1-2H3,(H,16,17,18);2-5,10H,6-7H2,1H3,(H,14,15,16). The number of hydrogen-bond donors (Lipinski definition) is 2. The average Bonchev–Trinajstić information content (AvgIpc) is 2.79. The molecule has 4 amide bonds. The largest absolute Gasteiger partial charge is 0.296 e. The maximum Gasteiger partial charge on any atom is 0.234 e. The zero-order valence-electron chi connectivity index (χ0n) is 20.0. The molecule has 6 nitrogen and oxygen atoms in total. The number of carbonyl (C=O) groups excluding carboxylic acids is 4. The van der Waals surface area contributed by atoms with Crippen LogP contribution >= 0.6 is 0 Å². The van der Waals surface area contributed by atoms with Crippen LogP contribution in [-0.2, 0) is 19.2 Å². The number of nitrogens with one attached hydrogen (secondary N) is 2. The highest BCUT2D eigenvalue weighted by Crippen LogP contribution is 2.24. The predicted molar refractivity (Wildman–Crippen MR) is 135 cm³/mol. The lowest BCUT2D eigenvalue weighted by Gasteiger charge is -2.21. The van der Waals surface area contributed by atoms with E-state index in [0.29, 0.717) is 31.5 Å². The van der Waals surface area contributed by atoms with Gasteiger partial charge >= 0.3 is 0 Å². The first-order valence-corrected chi connectivity index (χ1v) is 11.8. The Kier molecular flexibility index (Phi) is 8.85. The second-order valence-electron chi connectivity index (χ2n) is 9.04. The molecule has 2 atom stereocenters. The summed E-state index contributed by atoms with van der Waals surface area (Å²) in [7, 11) is 4.17. The molecular weight excluding hydrogens is 426 g/mol. The molecule has 2 radical (unpaired) electrons. The molecule has 2 saturated heterocycles. The molecule has 2 N–H and O–H groups in total. The van der Waals surface area contributed by atoms with E-state index in [1.165, 1.54) is 0 Å². The van der Waals surface area contributed by atoms with Crippen LogP contribution < -0.4 is 21.6 Å². The monoisotopic (exact) mass is 456 g/mol. The van der Waals surface area contributed by atoms with Crippen LogP contribution in [-0.4, -0.2) is 38.2 Å². The summed E-state index contributed by atoms with van der Waals surface area (Å²) in [4.78, 5) is 45.6. The van der Waals surface area contributed by atoms with Crippen molar-refractivity contribution in [3.8, 4) is 0 Å². The fourth-order valence-electron chi connectivity index (χ4n) is 4.21. The van der Waals surface area contributed by atoms with Crippen molar-refractivity contribution in [1.82, 2.24) is 10.6 Å². The SMILES string of the molecule is CC(C)[B]c1cccc(C2CCC(=O)NC2=O)c1.C[B]c1ccc(C2CCC(=O)NC2=O)cc1. The highest BCUT2D eigenvalue weighted by Gasteiger charge is 2.28. The van der Waals surface area contributed by atoms with Crippen LogP contribution in [0, 0.1) is 0 Å². The molecule has 0 aliphatic carbocycles. The Hall–Kier alpha value is -3.15. The van der Waals surface area contributed by atoms with Crippen LogP contribution in [0.25, 0.3) is 0 Å². The van der Waals surface area contributed by atoms with E-state index in [1.807, 2.05) is 62.6 Å². The van der Waals surface area contributed by atoms with E-state index in [1.54, 1.807) is 0 Å². The molecule has 2 aliphatic rings. The van der Waals surface area contributed by atoms with Crippen LogP contribution in [0.3, 0.4) is 0 Å². The minimum absolute atomic E-state index is 0.166. The van der Waals surface area contributed by atoms with E-state index in [-0.39, 0.29) is 35.5 Å². The van der Waals surface area contributed by atoms with Gasteiger partial charge < -0.3 is 0 Å². The molecule has 0 saturated carbocycles. The van der Waals surface area contributed by atoms with Gasteiger partial charge in [0.2, 0.25) is 23.6 Å². The first kappa shape index (κ1) is 25.5. The highest BCUT2D eigenvalue weighted by atomic mass is 16.2.